The summed E-state index contributed by atoms with van der Waals surface area (Å²) < 4.78 is 16.7. The molecule has 0 aromatic rings. The van der Waals surface area contributed by atoms with E-state index in [-0.39, 0.29) is 12.2 Å². The Kier molecular flexibility index (Phi) is 5.52. The highest BCUT2D eigenvalue weighted by molar-refractivity contribution is 6.17. The summed E-state index contributed by atoms with van der Waals surface area (Å²) in [5, 5.41) is 0. The lowest BCUT2D eigenvalue weighted by Crippen LogP contribution is -2.20. The molecule has 0 N–H and O–H groups in total. The van der Waals surface area contributed by atoms with E-state index < -0.39 is 18.4 Å². The van der Waals surface area contributed by atoms with Crippen LogP contribution in [0.5, 0.6) is 0 Å². The van der Waals surface area contributed by atoms with E-state index in [0.29, 0.717) is 0 Å². The Hall–Kier alpha value is -1.39. The van der Waals surface area contributed by atoms with Crippen LogP contribution in [0, 0.1) is 0 Å². The lowest BCUT2D eigenvalue weighted by molar-refractivity contribution is -0.140. The number of Topliss-reactive ketones (excluding diaryl/α,β-unsaturated/α-hetero) is 1. The van der Waals surface area contributed by atoms with Gasteiger partial charge in [-0.15, -0.1) is 0 Å². The van der Waals surface area contributed by atoms with E-state index in [1.54, 1.807) is 21.0 Å². The third-order valence-electron chi connectivity index (χ3n) is 1.30. The van der Waals surface area contributed by atoms with Gasteiger partial charge in [0, 0.05) is 20.3 Å². The van der Waals surface area contributed by atoms with Crippen molar-refractivity contribution in [1.82, 2.24) is 4.90 Å². The maximum absolute atomic E-state index is 12.1. The molecule has 0 saturated heterocycles. The second-order valence-electron chi connectivity index (χ2n) is 2.78. The van der Waals surface area contributed by atoms with Crippen LogP contribution < -0.4 is 0 Å². The largest absolute Gasteiger partial charge is 0.462 e. The minimum Gasteiger partial charge on any atom is -0.462 e. The van der Waals surface area contributed by atoms with Crippen LogP contribution in [0.4, 0.5) is 4.39 Å². The van der Waals surface area contributed by atoms with E-state index in [9.17, 15) is 14.0 Å². The summed E-state index contributed by atoms with van der Waals surface area (Å²) in [6, 6.07) is 0. The Labute approximate surface area is 82.3 Å². The highest BCUT2D eigenvalue weighted by Crippen LogP contribution is 2.02. The molecule has 0 aliphatic rings. The minimum absolute atomic E-state index is 0.156. The van der Waals surface area contributed by atoms with Crippen molar-refractivity contribution in [2.45, 2.75) is 6.92 Å². The fraction of sp³-hybridized carbons (Fsp3) is 0.556. The molecule has 0 aliphatic heterocycles. The standard InChI is InChI=1S/C9H14FNO3/c1-4-14-9(13)7(6-11(2)3)8(12)5-10/h6H,4-5H2,1-3H3. The molecule has 80 valence electrons. The van der Waals surface area contributed by atoms with Crippen LogP contribution in [-0.2, 0) is 14.3 Å². The summed E-state index contributed by atoms with van der Waals surface area (Å²) in [7, 11) is 3.26. The van der Waals surface area contributed by atoms with Gasteiger partial charge < -0.3 is 9.64 Å². The lowest BCUT2D eigenvalue weighted by Gasteiger charge is -2.08. The number of carbonyl (C=O) groups excluding carboxylic acids is 2. The molecule has 0 saturated carbocycles. The summed E-state index contributed by atoms with van der Waals surface area (Å²) in [5.74, 6) is -1.65. The molecule has 14 heavy (non-hydrogen) atoms. The van der Waals surface area contributed by atoms with Crippen LogP contribution >= 0.6 is 0 Å². The van der Waals surface area contributed by atoms with E-state index in [1.165, 1.54) is 11.1 Å². The Balaban J connectivity index is 4.72. The quantitative estimate of drug-likeness (QED) is 0.283. The van der Waals surface area contributed by atoms with Crippen molar-refractivity contribution in [3.05, 3.63) is 11.8 Å². The number of hydrogen-bond acceptors (Lipinski definition) is 4. The van der Waals surface area contributed by atoms with Gasteiger partial charge in [0.25, 0.3) is 0 Å². The van der Waals surface area contributed by atoms with Crippen molar-refractivity contribution < 1.29 is 18.7 Å². The van der Waals surface area contributed by atoms with E-state index in [2.05, 4.69) is 4.74 Å². The zero-order valence-corrected chi connectivity index (χ0v) is 8.54. The monoisotopic (exact) mass is 203 g/mol. The van der Waals surface area contributed by atoms with Gasteiger partial charge in [0.15, 0.2) is 6.67 Å². The van der Waals surface area contributed by atoms with Crippen LogP contribution in [0.2, 0.25) is 0 Å². The zero-order valence-electron chi connectivity index (χ0n) is 8.54. The molecule has 0 amide bonds. The molecule has 0 aromatic heterocycles. The number of esters is 1. The van der Waals surface area contributed by atoms with Gasteiger partial charge in [-0.1, -0.05) is 0 Å². The number of ether oxygens (including phenoxy) is 1. The van der Waals surface area contributed by atoms with Crippen molar-refractivity contribution in [2.24, 2.45) is 0 Å². The molecule has 0 radical (unpaired) electrons. The summed E-state index contributed by atoms with van der Waals surface area (Å²) in [6.07, 6.45) is 1.25. The molecular formula is C9H14FNO3. The third-order valence-corrected chi connectivity index (χ3v) is 1.30. The molecule has 0 spiro atoms. The molecule has 0 fully saturated rings. The second-order valence-corrected chi connectivity index (χ2v) is 2.78. The Morgan fingerprint density at radius 1 is 1.43 bits per heavy atom. The summed E-state index contributed by atoms with van der Waals surface area (Å²) in [5.41, 5.74) is -0.264. The number of ketones is 1. The van der Waals surface area contributed by atoms with Crippen molar-refractivity contribution >= 4 is 11.8 Å². The van der Waals surface area contributed by atoms with Crippen LogP contribution in [0.15, 0.2) is 11.8 Å². The van der Waals surface area contributed by atoms with Gasteiger partial charge in [0.1, 0.15) is 5.57 Å². The van der Waals surface area contributed by atoms with Gasteiger partial charge in [-0.25, -0.2) is 9.18 Å². The molecule has 0 aromatic carbocycles. The average molecular weight is 203 g/mol. The normalized spacial score (nSPS) is 11.0. The summed E-state index contributed by atoms with van der Waals surface area (Å²) in [6.45, 7) is 0.576. The number of rotatable bonds is 5. The zero-order chi connectivity index (χ0) is 11.1. The van der Waals surface area contributed by atoms with Gasteiger partial charge in [-0.2, -0.15) is 0 Å². The maximum atomic E-state index is 12.1. The average Bonchev–Trinajstić information content (AvgIpc) is 2.13. The molecule has 0 aliphatic carbocycles. The van der Waals surface area contributed by atoms with Crippen LogP contribution in [-0.4, -0.2) is 44.0 Å². The number of hydrogen-bond donors (Lipinski definition) is 0. The highest BCUT2D eigenvalue weighted by Gasteiger charge is 2.19. The second kappa shape index (κ2) is 6.12. The first-order valence-electron chi connectivity index (χ1n) is 4.17. The molecule has 0 atom stereocenters. The molecule has 0 bridgehead atoms. The fourth-order valence-corrected chi connectivity index (χ4v) is 0.778. The minimum atomic E-state index is -1.20. The topological polar surface area (TPSA) is 46.6 Å². The van der Waals surface area contributed by atoms with Gasteiger partial charge in [0.05, 0.1) is 6.61 Å². The Morgan fingerprint density at radius 3 is 2.36 bits per heavy atom. The van der Waals surface area contributed by atoms with E-state index in [1.807, 2.05) is 0 Å². The highest BCUT2D eigenvalue weighted by atomic mass is 19.1. The van der Waals surface area contributed by atoms with E-state index in [0.717, 1.165) is 0 Å². The van der Waals surface area contributed by atoms with Crippen molar-refractivity contribution in [2.75, 3.05) is 27.4 Å². The first-order chi connectivity index (χ1) is 6.52. The predicted molar refractivity (Wildman–Crippen MR) is 49.4 cm³/mol. The van der Waals surface area contributed by atoms with Gasteiger partial charge in [-0.3, -0.25) is 4.79 Å². The van der Waals surface area contributed by atoms with E-state index in [4.69, 9.17) is 0 Å². The molecule has 4 nitrogen and oxygen atoms in total. The SMILES string of the molecule is CCOC(=O)C(=CN(C)C)C(=O)CF. The Bertz CT molecular complexity index is 248. The molecule has 0 rings (SSSR count). The molecule has 0 heterocycles. The lowest BCUT2D eigenvalue weighted by atomic mass is 10.2. The molecule has 0 unspecified atom stereocenters. The molecular weight excluding hydrogens is 189 g/mol. The number of carbonyl (C=O) groups is 2. The van der Waals surface area contributed by atoms with Crippen molar-refractivity contribution in [3.63, 3.8) is 0 Å². The third kappa shape index (κ3) is 4.02. The summed E-state index contributed by atoms with van der Waals surface area (Å²) in [4.78, 5) is 23.7. The number of halogens is 1. The smallest absolute Gasteiger partial charge is 0.343 e. The fourth-order valence-electron chi connectivity index (χ4n) is 0.778. The van der Waals surface area contributed by atoms with Gasteiger partial charge in [0.2, 0.25) is 5.78 Å². The Morgan fingerprint density at radius 2 is 2.00 bits per heavy atom. The van der Waals surface area contributed by atoms with Crippen molar-refractivity contribution in [3.8, 4) is 0 Å². The summed E-state index contributed by atoms with van der Waals surface area (Å²) >= 11 is 0. The number of nitrogens with zero attached hydrogens (tertiary/aromatic N) is 1. The number of alkyl halides is 1. The molecule has 5 heteroatoms. The van der Waals surface area contributed by atoms with Crippen LogP contribution in [0.25, 0.3) is 0 Å². The van der Waals surface area contributed by atoms with Crippen LogP contribution in [0.1, 0.15) is 6.92 Å². The predicted octanol–water partition coefficient (Wildman–Crippen LogP) is 0.534. The van der Waals surface area contributed by atoms with Gasteiger partial charge >= 0.3 is 5.97 Å². The van der Waals surface area contributed by atoms with E-state index >= 15 is 0 Å². The first-order valence-corrected chi connectivity index (χ1v) is 4.17. The first kappa shape index (κ1) is 12.6. The van der Waals surface area contributed by atoms with Crippen LogP contribution in [0.3, 0.4) is 0 Å². The van der Waals surface area contributed by atoms with Crippen molar-refractivity contribution in [1.29, 1.82) is 0 Å². The maximum Gasteiger partial charge on any atom is 0.343 e. The van der Waals surface area contributed by atoms with Gasteiger partial charge in [-0.05, 0) is 6.92 Å².